The first-order valence-corrected chi connectivity index (χ1v) is 12.6. The third-order valence-electron chi connectivity index (χ3n) is 5.94. The minimum Gasteiger partial charge on any atom is -0.493 e. The zero-order valence-corrected chi connectivity index (χ0v) is 20.2. The number of sulfonamides is 1. The molecule has 174 valence electrons. The van der Waals surface area contributed by atoms with Crippen molar-refractivity contribution in [3.63, 3.8) is 0 Å². The fourth-order valence-corrected chi connectivity index (χ4v) is 5.38. The van der Waals surface area contributed by atoms with Gasteiger partial charge in [-0.3, -0.25) is 9.10 Å². The predicted molar refractivity (Wildman–Crippen MR) is 126 cm³/mol. The summed E-state index contributed by atoms with van der Waals surface area (Å²) < 4.78 is 36.9. The second kappa shape index (κ2) is 9.81. The minimum absolute atomic E-state index is 0.246. The summed E-state index contributed by atoms with van der Waals surface area (Å²) in [5, 5.41) is 2.98. The van der Waals surface area contributed by atoms with Crippen molar-refractivity contribution >= 4 is 21.6 Å². The third-order valence-corrected chi connectivity index (χ3v) is 7.18. The van der Waals surface area contributed by atoms with E-state index in [0.717, 1.165) is 29.0 Å². The van der Waals surface area contributed by atoms with E-state index in [9.17, 15) is 13.2 Å². The molecular weight excluding hydrogens is 428 g/mol. The Labute approximate surface area is 190 Å². The predicted octanol–water partition coefficient (Wildman–Crippen LogP) is 3.61. The maximum Gasteiger partial charge on any atom is 0.244 e. The zero-order valence-electron chi connectivity index (χ0n) is 19.3. The second-order valence-corrected chi connectivity index (χ2v) is 10.1. The van der Waals surface area contributed by atoms with Gasteiger partial charge in [0.1, 0.15) is 6.04 Å². The van der Waals surface area contributed by atoms with E-state index >= 15 is 0 Å². The number of anilines is 1. The lowest BCUT2D eigenvalue weighted by atomic mass is 9.89. The number of carbonyl (C=O) groups excluding carboxylic acids is 1. The Bertz CT molecular complexity index is 1080. The van der Waals surface area contributed by atoms with Crippen LogP contribution in [-0.4, -0.2) is 40.8 Å². The van der Waals surface area contributed by atoms with Crippen molar-refractivity contribution in [2.24, 2.45) is 0 Å². The molecule has 0 aliphatic heterocycles. The Morgan fingerprint density at radius 2 is 1.62 bits per heavy atom. The second-order valence-electron chi connectivity index (χ2n) is 8.24. The van der Waals surface area contributed by atoms with E-state index in [1.165, 1.54) is 38.2 Å². The van der Waals surface area contributed by atoms with Crippen LogP contribution in [0.1, 0.15) is 49.4 Å². The van der Waals surface area contributed by atoms with Crippen molar-refractivity contribution in [2.45, 2.75) is 51.6 Å². The number of rotatable bonds is 8. The van der Waals surface area contributed by atoms with E-state index in [0.29, 0.717) is 17.2 Å². The van der Waals surface area contributed by atoms with Gasteiger partial charge in [0.25, 0.3) is 0 Å². The van der Waals surface area contributed by atoms with Crippen molar-refractivity contribution in [2.75, 3.05) is 24.8 Å². The van der Waals surface area contributed by atoms with Crippen molar-refractivity contribution in [1.29, 1.82) is 0 Å². The number of amides is 1. The molecule has 0 radical (unpaired) electrons. The summed E-state index contributed by atoms with van der Waals surface area (Å²) in [5.74, 6) is 0.479. The highest BCUT2D eigenvalue weighted by Gasteiger charge is 2.30. The molecule has 2 aromatic rings. The van der Waals surface area contributed by atoms with Crippen LogP contribution in [0.4, 0.5) is 5.69 Å². The summed E-state index contributed by atoms with van der Waals surface area (Å²) in [7, 11) is -0.764. The Balaban J connectivity index is 1.82. The number of aryl methyl sites for hydroxylation is 2. The molecule has 0 unspecified atom stereocenters. The Kier molecular flexibility index (Phi) is 7.33. The van der Waals surface area contributed by atoms with Gasteiger partial charge in [0, 0.05) is 6.07 Å². The Morgan fingerprint density at radius 3 is 2.25 bits per heavy atom. The standard InChI is InChI=1S/C24H32N2O5S/c1-16(19-11-10-18-8-6-7-9-20(18)14-19)25-24(27)17(2)26(32(5,28)29)21-12-13-22(30-3)23(15-21)31-4/h10-17H,6-9H2,1-5H3,(H,25,27)/t16-,17+/m1/s1. The van der Waals surface area contributed by atoms with Crippen LogP contribution < -0.4 is 19.1 Å². The maximum atomic E-state index is 13.1. The molecular formula is C24H32N2O5S. The first kappa shape index (κ1) is 23.9. The van der Waals surface area contributed by atoms with Gasteiger partial charge in [0.05, 0.1) is 32.2 Å². The molecule has 0 fully saturated rings. The minimum atomic E-state index is -3.74. The molecule has 7 nitrogen and oxygen atoms in total. The van der Waals surface area contributed by atoms with Crippen LogP contribution in [0, 0.1) is 0 Å². The van der Waals surface area contributed by atoms with Crippen molar-refractivity contribution in [3.05, 3.63) is 53.1 Å². The first-order valence-electron chi connectivity index (χ1n) is 10.8. The van der Waals surface area contributed by atoms with Gasteiger partial charge in [0.2, 0.25) is 15.9 Å². The number of ether oxygens (including phenoxy) is 2. The van der Waals surface area contributed by atoms with Crippen molar-refractivity contribution in [1.82, 2.24) is 5.32 Å². The molecule has 32 heavy (non-hydrogen) atoms. The quantitative estimate of drug-likeness (QED) is 0.650. The topological polar surface area (TPSA) is 84.9 Å². The monoisotopic (exact) mass is 460 g/mol. The number of nitrogens with one attached hydrogen (secondary N) is 1. The number of nitrogens with zero attached hydrogens (tertiary/aromatic N) is 1. The molecule has 8 heteroatoms. The normalized spacial score (nSPS) is 15.3. The molecule has 0 spiro atoms. The summed E-state index contributed by atoms with van der Waals surface area (Å²) in [6.07, 6.45) is 5.64. The van der Waals surface area contributed by atoms with Gasteiger partial charge in [-0.2, -0.15) is 0 Å². The van der Waals surface area contributed by atoms with Gasteiger partial charge < -0.3 is 14.8 Å². The molecule has 2 atom stereocenters. The molecule has 0 saturated carbocycles. The highest BCUT2D eigenvalue weighted by molar-refractivity contribution is 7.92. The van der Waals surface area contributed by atoms with Crippen LogP contribution >= 0.6 is 0 Å². The van der Waals surface area contributed by atoms with Gasteiger partial charge in [-0.15, -0.1) is 0 Å². The fourth-order valence-electron chi connectivity index (χ4n) is 4.21. The lowest BCUT2D eigenvalue weighted by Crippen LogP contribution is -2.48. The number of hydrogen-bond donors (Lipinski definition) is 1. The average Bonchev–Trinajstić information content (AvgIpc) is 2.77. The van der Waals surface area contributed by atoms with Crippen LogP contribution in [0.3, 0.4) is 0 Å². The number of methoxy groups -OCH3 is 2. The van der Waals surface area contributed by atoms with Crippen molar-refractivity contribution < 1.29 is 22.7 Å². The number of hydrogen-bond acceptors (Lipinski definition) is 5. The van der Waals surface area contributed by atoms with Gasteiger partial charge in [-0.05, 0) is 68.4 Å². The van der Waals surface area contributed by atoms with E-state index in [1.54, 1.807) is 25.1 Å². The maximum absolute atomic E-state index is 13.1. The van der Waals surface area contributed by atoms with Crippen LogP contribution in [0.25, 0.3) is 0 Å². The lowest BCUT2D eigenvalue weighted by molar-refractivity contribution is -0.122. The molecule has 1 aliphatic carbocycles. The van der Waals surface area contributed by atoms with Gasteiger partial charge in [-0.1, -0.05) is 18.2 Å². The number of benzene rings is 2. The Hall–Kier alpha value is -2.74. The molecule has 1 amide bonds. The van der Waals surface area contributed by atoms with Crippen LogP contribution in [0.2, 0.25) is 0 Å². The summed E-state index contributed by atoms with van der Waals surface area (Å²) in [6.45, 7) is 3.49. The molecule has 0 bridgehead atoms. The van der Waals surface area contributed by atoms with Crippen LogP contribution in [0.5, 0.6) is 11.5 Å². The van der Waals surface area contributed by atoms with Crippen LogP contribution in [-0.2, 0) is 27.7 Å². The highest BCUT2D eigenvalue weighted by Crippen LogP contribution is 2.33. The molecule has 1 N–H and O–H groups in total. The highest BCUT2D eigenvalue weighted by atomic mass is 32.2. The Morgan fingerprint density at radius 1 is 0.969 bits per heavy atom. The van der Waals surface area contributed by atoms with E-state index in [4.69, 9.17) is 9.47 Å². The number of fused-ring (bicyclic) bond motifs is 1. The smallest absolute Gasteiger partial charge is 0.244 e. The zero-order chi connectivity index (χ0) is 23.5. The molecule has 2 aromatic carbocycles. The van der Waals surface area contributed by atoms with E-state index in [1.807, 2.05) is 13.0 Å². The molecule has 3 rings (SSSR count). The number of carbonyl (C=O) groups is 1. The summed E-state index contributed by atoms with van der Waals surface area (Å²) in [6, 6.07) is 9.91. The summed E-state index contributed by atoms with van der Waals surface area (Å²) in [5.41, 5.74) is 4.06. The van der Waals surface area contributed by atoms with E-state index < -0.39 is 16.1 Å². The lowest BCUT2D eigenvalue weighted by Gasteiger charge is -2.30. The average molecular weight is 461 g/mol. The van der Waals surface area contributed by atoms with Gasteiger partial charge in [0.15, 0.2) is 11.5 Å². The van der Waals surface area contributed by atoms with E-state index in [-0.39, 0.29) is 11.9 Å². The molecule has 0 saturated heterocycles. The van der Waals surface area contributed by atoms with Gasteiger partial charge >= 0.3 is 0 Å². The molecule has 0 heterocycles. The summed E-state index contributed by atoms with van der Waals surface area (Å²) in [4.78, 5) is 13.1. The summed E-state index contributed by atoms with van der Waals surface area (Å²) >= 11 is 0. The first-order chi connectivity index (χ1) is 15.2. The molecule has 0 aromatic heterocycles. The van der Waals surface area contributed by atoms with Gasteiger partial charge in [-0.25, -0.2) is 8.42 Å². The van der Waals surface area contributed by atoms with E-state index in [2.05, 4.69) is 17.4 Å². The molecule has 1 aliphatic rings. The third kappa shape index (κ3) is 5.18. The SMILES string of the molecule is COc1ccc(N([C@@H](C)C(=O)N[C@H](C)c2ccc3c(c2)CCCC3)S(C)(=O)=O)cc1OC. The fraction of sp³-hybridized carbons (Fsp3) is 0.458. The van der Waals surface area contributed by atoms with Crippen molar-refractivity contribution in [3.8, 4) is 11.5 Å². The largest absolute Gasteiger partial charge is 0.493 e. The van der Waals surface area contributed by atoms with Crippen LogP contribution in [0.15, 0.2) is 36.4 Å².